The van der Waals surface area contributed by atoms with Gasteiger partial charge in [-0.25, -0.2) is 23.4 Å². The van der Waals surface area contributed by atoms with E-state index in [1.165, 1.54) is 22.7 Å². The maximum absolute atomic E-state index is 12.3. The third-order valence-electron chi connectivity index (χ3n) is 8.28. The highest BCUT2D eigenvalue weighted by molar-refractivity contribution is 7.92. The molecule has 2 aliphatic rings. The number of anilines is 3. The number of nitrogens with one attached hydrogen (secondary N) is 3. The summed E-state index contributed by atoms with van der Waals surface area (Å²) in [5.41, 5.74) is 3.41. The third kappa shape index (κ3) is 9.29. The van der Waals surface area contributed by atoms with Crippen LogP contribution in [0.25, 0.3) is 26.6 Å². The van der Waals surface area contributed by atoms with Crippen molar-refractivity contribution >= 4 is 60.5 Å². The van der Waals surface area contributed by atoms with Crippen molar-refractivity contribution in [2.75, 3.05) is 47.8 Å². The predicted molar refractivity (Wildman–Crippen MR) is 199 cm³/mol. The SMILES string of the molecule is CS(=O)(=O)Nc1ccc(-c2cnc(NC(=O)[C@H]3CCN(C#N)C3)s2)cc1.N#CN1CC[C@H](C(=O)Nc2ncc(-c3cccc(-n4ccnc4)c3)s2)C1. The van der Waals surface area contributed by atoms with Gasteiger partial charge >= 0.3 is 0 Å². The Hall–Kier alpha value is -5.82. The number of carbonyl (C=O) groups is 2. The number of hydrogen-bond donors (Lipinski definition) is 3. The summed E-state index contributed by atoms with van der Waals surface area (Å²) < 4.78 is 26.8. The number of likely N-dealkylation sites (tertiary alicyclic amines) is 2. The average Bonchev–Trinajstić information content (AvgIpc) is 3.99. The Bertz CT molecular complexity index is 2220. The molecule has 15 nitrogen and oxygen atoms in total. The summed E-state index contributed by atoms with van der Waals surface area (Å²) in [6, 6.07) is 15.0. The first-order chi connectivity index (χ1) is 25.1. The van der Waals surface area contributed by atoms with Gasteiger partial charge in [0.25, 0.3) is 0 Å². The van der Waals surface area contributed by atoms with Gasteiger partial charge in [0.1, 0.15) is 0 Å². The summed E-state index contributed by atoms with van der Waals surface area (Å²) in [4.78, 5) is 42.2. The third-order valence-corrected chi connectivity index (χ3v) is 10.8. The van der Waals surface area contributed by atoms with Crippen molar-refractivity contribution < 1.29 is 18.0 Å². The molecule has 52 heavy (non-hydrogen) atoms. The highest BCUT2D eigenvalue weighted by Gasteiger charge is 2.29. The Morgan fingerprint density at radius 2 is 1.42 bits per heavy atom. The molecule has 3 aromatic heterocycles. The fourth-order valence-electron chi connectivity index (χ4n) is 5.62. The van der Waals surface area contributed by atoms with E-state index in [1.807, 2.05) is 29.0 Å². The van der Waals surface area contributed by atoms with E-state index in [1.54, 1.807) is 59.0 Å². The lowest BCUT2D eigenvalue weighted by atomic mass is 10.1. The molecule has 0 spiro atoms. The molecule has 5 aromatic rings. The summed E-state index contributed by atoms with van der Waals surface area (Å²) in [5.74, 6) is -0.568. The predicted octanol–water partition coefficient (Wildman–Crippen LogP) is 4.66. The first-order valence-corrected chi connectivity index (χ1v) is 19.6. The van der Waals surface area contributed by atoms with Gasteiger partial charge in [0.15, 0.2) is 22.6 Å². The molecule has 0 unspecified atom stereocenters. The van der Waals surface area contributed by atoms with Crippen LogP contribution in [-0.4, -0.2) is 82.0 Å². The number of aromatic nitrogens is 4. The van der Waals surface area contributed by atoms with E-state index >= 15 is 0 Å². The summed E-state index contributed by atoms with van der Waals surface area (Å²) >= 11 is 2.78. The smallest absolute Gasteiger partial charge is 0.231 e. The number of rotatable bonds is 9. The van der Waals surface area contributed by atoms with Gasteiger partial charge in [0.05, 0.1) is 34.2 Å². The monoisotopic (exact) mass is 755 g/mol. The zero-order valence-corrected chi connectivity index (χ0v) is 30.3. The van der Waals surface area contributed by atoms with Gasteiger partial charge in [-0.3, -0.25) is 14.3 Å². The van der Waals surface area contributed by atoms with Crippen molar-refractivity contribution in [1.29, 1.82) is 10.5 Å². The molecule has 5 heterocycles. The lowest BCUT2D eigenvalue weighted by molar-refractivity contribution is -0.120. The number of imidazole rings is 1. The van der Waals surface area contributed by atoms with E-state index in [4.69, 9.17) is 10.5 Å². The zero-order valence-electron chi connectivity index (χ0n) is 27.8. The van der Waals surface area contributed by atoms with E-state index in [0.717, 1.165) is 32.8 Å². The van der Waals surface area contributed by atoms with Gasteiger partial charge in [0.2, 0.25) is 21.8 Å². The minimum Gasteiger partial charge on any atom is -0.310 e. The molecule has 0 aliphatic carbocycles. The van der Waals surface area contributed by atoms with Gasteiger partial charge in [-0.15, -0.1) is 0 Å². The lowest BCUT2D eigenvalue weighted by Crippen LogP contribution is -2.25. The first kappa shape index (κ1) is 36.0. The van der Waals surface area contributed by atoms with Crippen molar-refractivity contribution in [2.24, 2.45) is 11.8 Å². The van der Waals surface area contributed by atoms with Crippen molar-refractivity contribution in [3.8, 4) is 39.0 Å². The Balaban J connectivity index is 0.000000179. The van der Waals surface area contributed by atoms with Crippen molar-refractivity contribution in [2.45, 2.75) is 12.8 Å². The van der Waals surface area contributed by atoms with Crippen molar-refractivity contribution in [3.63, 3.8) is 0 Å². The molecular formula is C34H33N11O4S3. The summed E-state index contributed by atoms with van der Waals surface area (Å²) in [7, 11) is -3.31. The number of benzene rings is 2. The minimum absolute atomic E-state index is 0.0733. The van der Waals surface area contributed by atoms with E-state index < -0.39 is 10.0 Å². The van der Waals surface area contributed by atoms with Gasteiger partial charge in [0, 0.05) is 62.3 Å². The number of nitriles is 2. The molecule has 2 aromatic carbocycles. The molecule has 2 aliphatic heterocycles. The van der Waals surface area contributed by atoms with Crippen LogP contribution >= 0.6 is 22.7 Å². The van der Waals surface area contributed by atoms with Gasteiger partial charge in [-0.05, 0) is 48.2 Å². The number of nitrogens with zero attached hydrogens (tertiary/aromatic N) is 8. The normalized spacial score (nSPS) is 16.7. The second-order valence-corrected chi connectivity index (χ2v) is 15.9. The van der Waals surface area contributed by atoms with E-state index in [0.29, 0.717) is 55.0 Å². The fourth-order valence-corrected chi connectivity index (χ4v) is 7.83. The van der Waals surface area contributed by atoms with Crippen LogP contribution in [0.15, 0.2) is 79.6 Å². The molecule has 0 saturated carbocycles. The van der Waals surface area contributed by atoms with Crippen molar-refractivity contribution in [1.82, 2.24) is 29.3 Å². The number of carbonyl (C=O) groups excluding carboxylic acids is 2. The second-order valence-electron chi connectivity index (χ2n) is 12.1. The zero-order chi connectivity index (χ0) is 36.7. The molecule has 2 fully saturated rings. The minimum atomic E-state index is -3.31. The Morgan fingerprint density at radius 3 is 1.92 bits per heavy atom. The van der Waals surface area contributed by atoms with Crippen LogP contribution in [0.1, 0.15) is 12.8 Å². The summed E-state index contributed by atoms with van der Waals surface area (Å²) in [6.45, 7) is 2.16. The molecule has 3 N–H and O–H groups in total. The second kappa shape index (κ2) is 16.0. The Kier molecular flexibility index (Phi) is 11.1. The van der Waals surface area contributed by atoms with Gasteiger partial charge < -0.3 is 25.0 Å². The van der Waals surface area contributed by atoms with Crippen LogP contribution in [0.3, 0.4) is 0 Å². The van der Waals surface area contributed by atoms with E-state index in [2.05, 4.69) is 48.8 Å². The highest BCUT2D eigenvalue weighted by atomic mass is 32.2. The standard InChI is InChI=1S/C18H16N6OS.C16H17N5O3S2/c19-11-23-6-4-14(10-23)17(25)22-18-21-9-16(26-18)13-2-1-3-15(8-13)24-7-5-20-12-24;1-26(23,24)20-13-4-2-11(3-5-13)14-8-18-16(25-14)19-15(22)12-6-7-21(9-12)10-17/h1-3,5,7-9,12,14H,4,6,10H2,(H,21,22,25);2-5,8,12,20H,6-7,9H2,1H3,(H,18,19,22)/t14-;12-/m00/s1. The molecule has 0 radical (unpaired) electrons. The van der Waals surface area contributed by atoms with Crippen LogP contribution in [0, 0.1) is 34.7 Å². The fraction of sp³-hybridized carbons (Fsp3) is 0.265. The quantitative estimate of drug-likeness (QED) is 0.177. The molecule has 7 rings (SSSR count). The molecule has 2 saturated heterocycles. The molecule has 2 atom stereocenters. The summed E-state index contributed by atoms with van der Waals surface area (Å²) in [6.07, 6.45) is 15.4. The van der Waals surface area contributed by atoms with Crippen LogP contribution in [0.2, 0.25) is 0 Å². The maximum atomic E-state index is 12.3. The Labute approximate surface area is 308 Å². The maximum Gasteiger partial charge on any atom is 0.231 e. The Morgan fingerprint density at radius 1 is 0.846 bits per heavy atom. The number of hydrogen-bond acceptors (Lipinski definition) is 13. The van der Waals surface area contributed by atoms with Gasteiger partial charge in [-0.2, -0.15) is 10.5 Å². The van der Waals surface area contributed by atoms with Crippen molar-refractivity contribution in [3.05, 3.63) is 79.6 Å². The molecule has 2 amide bonds. The van der Waals surface area contributed by atoms with Gasteiger partial charge in [-0.1, -0.05) is 46.9 Å². The molecule has 18 heteroatoms. The first-order valence-electron chi connectivity index (χ1n) is 16.1. The van der Waals surface area contributed by atoms with Crippen LogP contribution in [0.4, 0.5) is 16.0 Å². The average molecular weight is 756 g/mol. The number of amides is 2. The summed E-state index contributed by atoms with van der Waals surface area (Å²) in [5, 5.41) is 24.5. The number of sulfonamides is 1. The molecular weight excluding hydrogens is 723 g/mol. The van der Waals surface area contributed by atoms with Crippen LogP contribution in [0.5, 0.6) is 0 Å². The van der Waals surface area contributed by atoms with E-state index in [-0.39, 0.29) is 23.7 Å². The highest BCUT2D eigenvalue weighted by Crippen LogP contribution is 2.32. The van der Waals surface area contributed by atoms with Crippen LogP contribution in [-0.2, 0) is 19.6 Å². The van der Waals surface area contributed by atoms with Crippen LogP contribution < -0.4 is 15.4 Å². The topological polar surface area (TPSA) is 202 Å². The number of thiazole rings is 2. The molecule has 266 valence electrons. The largest absolute Gasteiger partial charge is 0.310 e. The lowest BCUT2D eigenvalue weighted by Gasteiger charge is -2.08. The van der Waals surface area contributed by atoms with E-state index in [9.17, 15) is 18.0 Å². The molecule has 0 bridgehead atoms.